The molecule has 0 unspecified atom stereocenters. The number of carbonyl (C=O) groups is 3. The number of benzene rings is 3. The molecule has 1 amide bonds. The topological polar surface area (TPSA) is 158 Å². The number of nitrogens with two attached hydrogens (primary N) is 1. The molecule has 258 valence electrons. The van der Waals surface area contributed by atoms with Gasteiger partial charge in [-0.2, -0.15) is 13.2 Å². The molecular weight excluding hydrogens is 689 g/mol. The number of rotatable bonds is 9. The molecule has 3 aromatic carbocycles. The first kappa shape index (κ1) is 35.4. The van der Waals surface area contributed by atoms with Crippen LogP contribution in [0.1, 0.15) is 36.6 Å². The van der Waals surface area contributed by atoms with Crippen molar-refractivity contribution in [3.63, 3.8) is 0 Å². The molecule has 0 saturated carbocycles. The average molecular weight is 719 g/mol. The van der Waals surface area contributed by atoms with Gasteiger partial charge in [-0.3, -0.25) is 9.59 Å². The Morgan fingerprint density at radius 1 is 1.10 bits per heavy atom. The Bertz CT molecular complexity index is 2040. The number of ether oxygens (including phenoxy) is 2. The second kappa shape index (κ2) is 13.9. The molecule has 1 saturated heterocycles. The highest BCUT2D eigenvalue weighted by Gasteiger charge is 2.49. The lowest BCUT2D eigenvalue weighted by Gasteiger charge is -2.33. The molecule has 1 aliphatic rings. The van der Waals surface area contributed by atoms with E-state index in [1.54, 1.807) is 30.3 Å². The normalized spacial score (nSPS) is 17.1. The number of esters is 2. The highest BCUT2D eigenvalue weighted by molar-refractivity contribution is 7.91. The lowest BCUT2D eigenvalue weighted by molar-refractivity contribution is -0.203. The molecule has 3 N–H and O–H groups in total. The zero-order valence-electron chi connectivity index (χ0n) is 26.0. The molecule has 1 aliphatic heterocycles. The number of amides is 1. The maximum Gasteiger partial charge on any atom is 0.491 e. The summed E-state index contributed by atoms with van der Waals surface area (Å²) in [5.74, 6) is -6.30. The maximum atomic E-state index is 14.7. The van der Waals surface area contributed by atoms with Crippen molar-refractivity contribution in [2.24, 2.45) is 5.92 Å². The van der Waals surface area contributed by atoms with Gasteiger partial charge in [0, 0.05) is 23.8 Å². The number of sulfone groups is 1. The van der Waals surface area contributed by atoms with Crippen LogP contribution in [0.2, 0.25) is 5.02 Å². The standard InChI is InChI=1S/C33H30ClF3N4O7S/c1-3-49(45,46)26-7-5-4-6-22(26)28-23(31(43)48-32(44)33(35,36)37)13-15-41(28)30(42)27(19-8-11-24(34)25(17-19)47-2)40-20-9-10-21-18(16-20)12-14-39-29(21)38/h4-12,14,16-17,23,27-28,40H,3,13,15H2,1-2H3,(H2,38,39)/t23-,27+,28-/m0/s1. The summed E-state index contributed by atoms with van der Waals surface area (Å²) in [6, 6.07) is 14.3. The van der Waals surface area contributed by atoms with E-state index in [0.717, 1.165) is 0 Å². The van der Waals surface area contributed by atoms with Crippen LogP contribution >= 0.6 is 11.6 Å². The minimum Gasteiger partial charge on any atom is -0.495 e. The van der Waals surface area contributed by atoms with E-state index in [9.17, 15) is 36.0 Å². The van der Waals surface area contributed by atoms with Crippen LogP contribution in [0.25, 0.3) is 10.8 Å². The number of hydrogen-bond donors (Lipinski definition) is 2. The van der Waals surface area contributed by atoms with Crippen molar-refractivity contribution in [3.8, 4) is 5.75 Å². The summed E-state index contributed by atoms with van der Waals surface area (Å²) in [6.07, 6.45) is -4.18. The first-order chi connectivity index (χ1) is 23.2. The minimum atomic E-state index is -5.47. The van der Waals surface area contributed by atoms with Crippen LogP contribution in [0, 0.1) is 5.92 Å². The Morgan fingerprint density at radius 3 is 2.53 bits per heavy atom. The number of halogens is 4. The van der Waals surface area contributed by atoms with Crippen molar-refractivity contribution < 1.29 is 45.4 Å². The van der Waals surface area contributed by atoms with Gasteiger partial charge in [0.25, 0.3) is 0 Å². The van der Waals surface area contributed by atoms with Gasteiger partial charge in [0.1, 0.15) is 17.6 Å². The number of hydrogen-bond acceptors (Lipinski definition) is 10. The van der Waals surface area contributed by atoms with E-state index in [4.69, 9.17) is 22.1 Å². The third-order valence-corrected chi connectivity index (χ3v) is 10.3. The number of likely N-dealkylation sites (tertiary alicyclic amines) is 1. The van der Waals surface area contributed by atoms with Gasteiger partial charge in [0.2, 0.25) is 5.91 Å². The Morgan fingerprint density at radius 2 is 1.84 bits per heavy atom. The largest absolute Gasteiger partial charge is 0.495 e. The molecule has 11 nitrogen and oxygen atoms in total. The first-order valence-corrected chi connectivity index (χ1v) is 16.9. The third kappa shape index (κ3) is 7.27. The molecule has 0 radical (unpaired) electrons. The fourth-order valence-corrected chi connectivity index (χ4v) is 7.17. The smallest absolute Gasteiger partial charge is 0.491 e. The van der Waals surface area contributed by atoms with Crippen LogP contribution in [0.4, 0.5) is 24.7 Å². The maximum absolute atomic E-state index is 14.7. The number of nitrogens with zero attached hydrogens (tertiary/aromatic N) is 2. The summed E-state index contributed by atoms with van der Waals surface area (Å²) in [7, 11) is -2.58. The van der Waals surface area contributed by atoms with Gasteiger partial charge in [0.05, 0.1) is 34.7 Å². The van der Waals surface area contributed by atoms with E-state index in [1.165, 1.54) is 61.5 Å². The van der Waals surface area contributed by atoms with E-state index < -0.39 is 51.9 Å². The van der Waals surface area contributed by atoms with Gasteiger partial charge < -0.3 is 25.4 Å². The van der Waals surface area contributed by atoms with Gasteiger partial charge in [-0.1, -0.05) is 42.8 Å². The summed E-state index contributed by atoms with van der Waals surface area (Å²) in [5, 5.41) is 4.80. The fraction of sp³-hybridized carbons (Fsp3) is 0.273. The number of anilines is 2. The second-order valence-corrected chi connectivity index (χ2v) is 13.8. The van der Waals surface area contributed by atoms with Crippen molar-refractivity contribution >= 4 is 61.6 Å². The zero-order valence-corrected chi connectivity index (χ0v) is 27.6. The van der Waals surface area contributed by atoms with Crippen molar-refractivity contribution in [1.82, 2.24) is 9.88 Å². The van der Waals surface area contributed by atoms with Crippen molar-refractivity contribution in [2.75, 3.05) is 30.5 Å². The SMILES string of the molecule is CCS(=O)(=O)c1ccccc1[C@H]1[C@@H](C(=O)OC(=O)C(F)(F)F)CCN1C(=O)[C@H](Nc1ccc2c(N)nccc2c1)c1ccc(Cl)c(OC)c1. The molecule has 3 atom stereocenters. The van der Waals surface area contributed by atoms with Gasteiger partial charge >= 0.3 is 18.1 Å². The third-order valence-electron chi connectivity index (χ3n) is 8.22. The summed E-state index contributed by atoms with van der Waals surface area (Å²) in [5.41, 5.74) is 6.81. The van der Waals surface area contributed by atoms with Gasteiger partial charge in [-0.05, 0) is 65.4 Å². The van der Waals surface area contributed by atoms with E-state index >= 15 is 0 Å². The second-order valence-electron chi connectivity index (χ2n) is 11.1. The molecule has 5 rings (SSSR count). The number of aromatic nitrogens is 1. The number of nitrogens with one attached hydrogen (secondary N) is 1. The Hall–Kier alpha value is -4.89. The summed E-state index contributed by atoms with van der Waals surface area (Å²) in [6.45, 7) is 1.20. The van der Waals surface area contributed by atoms with Crippen LogP contribution in [0.15, 0.2) is 77.8 Å². The predicted octanol–water partition coefficient (Wildman–Crippen LogP) is 5.65. The monoisotopic (exact) mass is 718 g/mol. The number of methoxy groups -OCH3 is 1. The van der Waals surface area contributed by atoms with Crippen LogP contribution in [0.3, 0.4) is 0 Å². The molecule has 16 heteroatoms. The minimum absolute atomic E-state index is 0.0160. The Labute approximate surface area is 284 Å². The summed E-state index contributed by atoms with van der Waals surface area (Å²) >= 11 is 6.28. The number of alkyl halides is 3. The van der Waals surface area contributed by atoms with E-state index in [-0.39, 0.29) is 39.9 Å². The molecule has 1 aromatic heterocycles. The van der Waals surface area contributed by atoms with E-state index in [2.05, 4.69) is 15.0 Å². The zero-order chi connectivity index (χ0) is 35.7. The average Bonchev–Trinajstić information content (AvgIpc) is 3.52. The highest BCUT2D eigenvalue weighted by Crippen LogP contribution is 2.43. The number of nitrogen functional groups attached to an aromatic ring is 1. The fourth-order valence-electron chi connectivity index (χ4n) is 5.83. The van der Waals surface area contributed by atoms with Gasteiger partial charge in [0.15, 0.2) is 9.84 Å². The molecule has 0 spiro atoms. The molecule has 0 bridgehead atoms. The first-order valence-electron chi connectivity index (χ1n) is 14.9. The lowest BCUT2D eigenvalue weighted by Crippen LogP contribution is -2.40. The molecule has 49 heavy (non-hydrogen) atoms. The molecule has 4 aromatic rings. The molecule has 0 aliphatic carbocycles. The lowest BCUT2D eigenvalue weighted by atomic mass is 9.93. The van der Waals surface area contributed by atoms with Crippen molar-refractivity contribution in [1.29, 1.82) is 0 Å². The predicted molar refractivity (Wildman–Crippen MR) is 174 cm³/mol. The van der Waals surface area contributed by atoms with Crippen LogP contribution in [-0.2, 0) is 29.0 Å². The Balaban J connectivity index is 1.63. The number of pyridine rings is 1. The van der Waals surface area contributed by atoms with E-state index in [0.29, 0.717) is 27.8 Å². The van der Waals surface area contributed by atoms with E-state index in [1.807, 2.05) is 0 Å². The highest BCUT2D eigenvalue weighted by atomic mass is 35.5. The molecule has 1 fully saturated rings. The van der Waals surface area contributed by atoms with Crippen LogP contribution in [0.5, 0.6) is 5.75 Å². The van der Waals surface area contributed by atoms with Crippen molar-refractivity contribution in [2.45, 2.75) is 36.5 Å². The van der Waals surface area contributed by atoms with Crippen LogP contribution in [-0.4, -0.2) is 61.7 Å². The molecular formula is C33H30ClF3N4O7S. The Kier molecular flexibility index (Phi) is 10.1. The number of carbonyl (C=O) groups excluding carboxylic acids is 3. The van der Waals surface area contributed by atoms with Gasteiger partial charge in [-0.15, -0.1) is 0 Å². The molecule has 2 heterocycles. The van der Waals surface area contributed by atoms with Gasteiger partial charge in [-0.25, -0.2) is 18.2 Å². The summed E-state index contributed by atoms with van der Waals surface area (Å²) in [4.78, 5) is 44.7. The summed E-state index contributed by atoms with van der Waals surface area (Å²) < 4.78 is 75.2. The van der Waals surface area contributed by atoms with Crippen molar-refractivity contribution in [3.05, 3.63) is 89.1 Å². The quantitative estimate of drug-likeness (QED) is 0.164. The number of fused-ring (bicyclic) bond motifs is 1. The van der Waals surface area contributed by atoms with Crippen LogP contribution < -0.4 is 15.8 Å².